The zero-order valence-corrected chi connectivity index (χ0v) is 17.5. The number of aromatic nitrogens is 3. The summed E-state index contributed by atoms with van der Waals surface area (Å²) in [5.74, 6) is -0.487. The van der Waals surface area contributed by atoms with Gasteiger partial charge in [0.15, 0.2) is 11.6 Å². The summed E-state index contributed by atoms with van der Waals surface area (Å²) in [7, 11) is 0. The molecule has 0 unspecified atom stereocenters. The molecule has 3 heterocycles. The molecule has 4 aromatic rings. The number of benzene rings is 2. The first-order chi connectivity index (χ1) is 16.3. The van der Waals surface area contributed by atoms with Gasteiger partial charge in [-0.3, -0.25) is 4.57 Å². The minimum absolute atomic E-state index is 0.0369. The van der Waals surface area contributed by atoms with Crippen LogP contribution in [0.4, 0.5) is 28.0 Å². The highest BCUT2D eigenvalue weighted by Gasteiger charge is 2.30. The second kappa shape index (κ2) is 8.41. The van der Waals surface area contributed by atoms with Crippen molar-refractivity contribution < 1.29 is 27.1 Å². The standard InChI is InChI=1S/C23H17F4N5O2/c24-20-16-7-9-32(22(33)31-14-3-1-2-13(10-14)23(25,26)27)18(16)4-5-19(20)34-21-15-6-8-28-11-17(15)29-12-30-21/h1-5,7,9-10,12,28H,6,8,11H2,(H,31,33). The molecule has 0 saturated heterocycles. The van der Waals surface area contributed by atoms with Crippen LogP contribution in [0.15, 0.2) is 55.0 Å². The molecule has 7 nitrogen and oxygen atoms in total. The Kier molecular flexibility index (Phi) is 5.40. The van der Waals surface area contributed by atoms with Crippen molar-refractivity contribution in [2.45, 2.75) is 19.1 Å². The molecular weight excluding hydrogens is 454 g/mol. The molecule has 1 aliphatic heterocycles. The number of carbonyl (C=O) groups excluding carboxylic acids is 1. The summed E-state index contributed by atoms with van der Waals surface area (Å²) in [5, 5.41) is 5.71. The summed E-state index contributed by atoms with van der Waals surface area (Å²) in [6, 6.07) is 7.79. The maximum absolute atomic E-state index is 15.2. The summed E-state index contributed by atoms with van der Waals surface area (Å²) in [6.45, 7) is 1.29. The third-order valence-electron chi connectivity index (χ3n) is 5.48. The predicted molar refractivity (Wildman–Crippen MR) is 115 cm³/mol. The molecule has 0 spiro atoms. The highest BCUT2D eigenvalue weighted by Crippen LogP contribution is 2.33. The summed E-state index contributed by atoms with van der Waals surface area (Å²) >= 11 is 0. The van der Waals surface area contributed by atoms with Crippen LogP contribution in [-0.4, -0.2) is 27.1 Å². The lowest BCUT2D eigenvalue weighted by Crippen LogP contribution is -2.25. The van der Waals surface area contributed by atoms with Gasteiger partial charge in [0.2, 0.25) is 5.88 Å². The number of carbonyl (C=O) groups is 1. The molecule has 0 radical (unpaired) electrons. The first kappa shape index (κ1) is 21.8. The van der Waals surface area contributed by atoms with Crippen LogP contribution in [0.2, 0.25) is 0 Å². The van der Waals surface area contributed by atoms with Crippen LogP contribution in [0.3, 0.4) is 0 Å². The van der Waals surface area contributed by atoms with E-state index < -0.39 is 23.6 Å². The number of ether oxygens (including phenoxy) is 1. The Hall–Kier alpha value is -3.99. The quantitative estimate of drug-likeness (QED) is 0.406. The normalized spacial score (nSPS) is 13.5. The minimum atomic E-state index is -4.54. The third kappa shape index (κ3) is 4.05. The fourth-order valence-corrected chi connectivity index (χ4v) is 3.82. The van der Waals surface area contributed by atoms with Crippen LogP contribution < -0.4 is 15.4 Å². The molecule has 0 bridgehead atoms. The van der Waals surface area contributed by atoms with Crippen molar-refractivity contribution in [3.63, 3.8) is 0 Å². The summed E-state index contributed by atoms with van der Waals surface area (Å²) in [5.41, 5.74) is 0.889. The Morgan fingerprint density at radius 1 is 1.15 bits per heavy atom. The zero-order valence-electron chi connectivity index (χ0n) is 17.5. The van der Waals surface area contributed by atoms with E-state index in [4.69, 9.17) is 4.74 Å². The molecule has 1 aliphatic rings. The van der Waals surface area contributed by atoms with Crippen LogP contribution in [0.25, 0.3) is 10.9 Å². The van der Waals surface area contributed by atoms with Gasteiger partial charge in [0.1, 0.15) is 6.33 Å². The van der Waals surface area contributed by atoms with Crippen LogP contribution in [0, 0.1) is 5.82 Å². The summed E-state index contributed by atoms with van der Waals surface area (Å²) in [4.78, 5) is 21.0. The molecule has 174 valence electrons. The first-order valence-corrected chi connectivity index (χ1v) is 10.3. The predicted octanol–water partition coefficient (Wildman–Crippen LogP) is 5.11. The number of nitrogens with one attached hydrogen (secondary N) is 2. The minimum Gasteiger partial charge on any atom is -0.436 e. The smallest absolute Gasteiger partial charge is 0.416 e. The Morgan fingerprint density at radius 2 is 2.00 bits per heavy atom. The lowest BCUT2D eigenvalue weighted by Gasteiger charge is -2.18. The van der Waals surface area contributed by atoms with E-state index in [2.05, 4.69) is 20.6 Å². The van der Waals surface area contributed by atoms with Crippen molar-refractivity contribution in [3.05, 3.63) is 77.6 Å². The van der Waals surface area contributed by atoms with Gasteiger partial charge >= 0.3 is 12.2 Å². The second-order valence-electron chi connectivity index (χ2n) is 7.64. The molecule has 11 heteroatoms. The summed E-state index contributed by atoms with van der Waals surface area (Å²) < 4.78 is 60.9. The van der Waals surface area contributed by atoms with Crippen molar-refractivity contribution in [1.82, 2.24) is 19.9 Å². The lowest BCUT2D eigenvalue weighted by atomic mass is 10.1. The molecule has 0 aliphatic carbocycles. The van der Waals surface area contributed by atoms with E-state index in [-0.39, 0.29) is 28.2 Å². The van der Waals surface area contributed by atoms with Crippen LogP contribution in [-0.2, 0) is 19.1 Å². The van der Waals surface area contributed by atoms with Crippen molar-refractivity contribution in [3.8, 4) is 11.6 Å². The highest BCUT2D eigenvalue weighted by molar-refractivity contribution is 5.99. The van der Waals surface area contributed by atoms with Crippen molar-refractivity contribution in [1.29, 1.82) is 0 Å². The third-order valence-corrected chi connectivity index (χ3v) is 5.48. The van der Waals surface area contributed by atoms with E-state index >= 15 is 4.39 Å². The largest absolute Gasteiger partial charge is 0.436 e. The Bertz CT molecular complexity index is 1400. The Morgan fingerprint density at radius 3 is 2.82 bits per heavy atom. The van der Waals surface area contributed by atoms with Crippen LogP contribution in [0.1, 0.15) is 16.8 Å². The number of alkyl halides is 3. The van der Waals surface area contributed by atoms with Gasteiger partial charge in [0.05, 0.1) is 16.8 Å². The van der Waals surface area contributed by atoms with E-state index in [0.717, 1.165) is 34.5 Å². The Labute approximate surface area is 190 Å². The molecule has 2 aromatic carbocycles. The van der Waals surface area contributed by atoms with E-state index in [1.807, 2.05) is 0 Å². The van der Waals surface area contributed by atoms with E-state index in [0.29, 0.717) is 13.0 Å². The average Bonchev–Trinajstić information content (AvgIpc) is 3.26. The van der Waals surface area contributed by atoms with Gasteiger partial charge in [-0.05, 0) is 49.4 Å². The molecule has 2 aromatic heterocycles. The van der Waals surface area contributed by atoms with Crippen molar-refractivity contribution in [2.75, 3.05) is 11.9 Å². The molecule has 1 amide bonds. The van der Waals surface area contributed by atoms with E-state index in [1.165, 1.54) is 42.9 Å². The van der Waals surface area contributed by atoms with Gasteiger partial charge in [-0.1, -0.05) is 6.07 Å². The first-order valence-electron chi connectivity index (χ1n) is 10.3. The number of fused-ring (bicyclic) bond motifs is 2. The van der Waals surface area contributed by atoms with Gasteiger partial charge in [-0.15, -0.1) is 0 Å². The van der Waals surface area contributed by atoms with Gasteiger partial charge < -0.3 is 15.4 Å². The number of rotatable bonds is 3. The zero-order chi connectivity index (χ0) is 23.9. The van der Waals surface area contributed by atoms with Crippen LogP contribution in [0.5, 0.6) is 11.6 Å². The number of halogens is 4. The SMILES string of the molecule is O=C(Nc1cccc(C(F)(F)F)c1)n1ccc2c(F)c(Oc3ncnc4c3CCNC4)ccc21. The van der Waals surface area contributed by atoms with Gasteiger partial charge in [-0.25, -0.2) is 19.2 Å². The maximum atomic E-state index is 15.2. The van der Waals surface area contributed by atoms with E-state index in [9.17, 15) is 18.0 Å². The number of hydrogen-bond acceptors (Lipinski definition) is 5. The highest BCUT2D eigenvalue weighted by atomic mass is 19.4. The fraction of sp³-hybridized carbons (Fsp3) is 0.174. The van der Waals surface area contributed by atoms with Gasteiger partial charge in [0, 0.05) is 29.4 Å². The fourth-order valence-electron chi connectivity index (χ4n) is 3.82. The van der Waals surface area contributed by atoms with E-state index in [1.54, 1.807) is 0 Å². The number of anilines is 1. The molecule has 5 rings (SSSR count). The molecular formula is C23H17F4N5O2. The second-order valence-corrected chi connectivity index (χ2v) is 7.64. The molecule has 0 saturated carbocycles. The van der Waals surface area contributed by atoms with Gasteiger partial charge in [0.25, 0.3) is 0 Å². The molecule has 0 atom stereocenters. The topological polar surface area (TPSA) is 81.1 Å². The van der Waals surface area contributed by atoms with Gasteiger partial charge in [-0.2, -0.15) is 13.2 Å². The monoisotopic (exact) mass is 471 g/mol. The number of nitrogens with zero attached hydrogens (tertiary/aromatic N) is 3. The molecule has 2 N–H and O–H groups in total. The van der Waals surface area contributed by atoms with Crippen molar-refractivity contribution in [2.24, 2.45) is 0 Å². The van der Waals surface area contributed by atoms with Crippen molar-refractivity contribution >= 4 is 22.6 Å². The number of hydrogen-bond donors (Lipinski definition) is 2. The molecule has 0 fully saturated rings. The number of amides is 1. The lowest BCUT2D eigenvalue weighted by molar-refractivity contribution is -0.137. The summed E-state index contributed by atoms with van der Waals surface area (Å²) in [6.07, 6.45) is -1.22. The maximum Gasteiger partial charge on any atom is 0.416 e. The Balaban J connectivity index is 1.42. The van der Waals surface area contributed by atoms with Crippen LogP contribution >= 0.6 is 0 Å². The molecule has 34 heavy (non-hydrogen) atoms. The average molecular weight is 471 g/mol.